The van der Waals surface area contributed by atoms with Crippen molar-refractivity contribution in [2.75, 3.05) is 0 Å². The molecule has 0 unspecified atom stereocenters. The monoisotopic (exact) mass is 91.0 g/mol. The summed E-state index contributed by atoms with van der Waals surface area (Å²) in [7, 11) is 0. The largest absolute Gasteiger partial charge is 0.183 e. The molecule has 0 spiro atoms. The van der Waals surface area contributed by atoms with E-state index >= 15 is 0 Å². The van der Waals surface area contributed by atoms with E-state index in [2.05, 4.69) is 18.4 Å². The van der Waals surface area contributed by atoms with Gasteiger partial charge in [0.2, 0.25) is 0 Å². The van der Waals surface area contributed by atoms with Crippen LogP contribution in [-0.2, 0) is 0 Å². The molecule has 0 N–H and O–H groups in total. The zero-order valence-electron chi connectivity index (χ0n) is 4.15. The summed E-state index contributed by atoms with van der Waals surface area (Å²) in [5.41, 5.74) is 0.724. The van der Waals surface area contributed by atoms with Gasteiger partial charge in [0, 0.05) is 5.92 Å². The Hall–Kier alpha value is -1.21. The fourth-order valence-corrected chi connectivity index (χ4v) is 0.135. The maximum absolute atomic E-state index is 7.85. The quantitative estimate of drug-likeness (QED) is 0.409. The van der Waals surface area contributed by atoms with Gasteiger partial charge in [-0.05, 0) is 12.5 Å². The van der Waals surface area contributed by atoms with Crippen LogP contribution in [0.1, 0.15) is 6.92 Å². The fourth-order valence-electron chi connectivity index (χ4n) is 0.135. The predicted molar refractivity (Wildman–Crippen MR) is 28.2 cm³/mol. The van der Waals surface area contributed by atoms with E-state index in [1.165, 1.54) is 0 Å². The van der Waals surface area contributed by atoms with Gasteiger partial charge < -0.3 is 0 Å². The molecule has 0 radical (unpaired) electrons. The molecule has 0 heterocycles. The second kappa shape index (κ2) is 3.00. The average Bonchev–Trinajstić information content (AvgIpc) is 1.61. The summed E-state index contributed by atoms with van der Waals surface area (Å²) < 4.78 is 0. The second-order valence-electron chi connectivity index (χ2n) is 1.14. The van der Waals surface area contributed by atoms with Gasteiger partial charge in [-0.3, -0.25) is 0 Å². The lowest BCUT2D eigenvalue weighted by Gasteiger charge is -1.68. The molecule has 0 aromatic carbocycles. The third kappa shape index (κ3) is 4.79. The van der Waals surface area contributed by atoms with Crippen molar-refractivity contribution in [1.82, 2.24) is 0 Å². The van der Waals surface area contributed by atoms with Crippen LogP contribution in [0.5, 0.6) is 0 Å². The van der Waals surface area contributed by atoms with Crippen molar-refractivity contribution in [2.24, 2.45) is 0 Å². The zero-order chi connectivity index (χ0) is 5.70. The van der Waals surface area contributed by atoms with Crippen molar-refractivity contribution in [3.63, 3.8) is 0 Å². The molecular formula is C6H5N. The molecule has 0 amide bonds. The predicted octanol–water partition coefficient (Wildman–Crippen LogP) is 1.09. The lowest BCUT2D eigenvalue weighted by atomic mass is 10.4. The molecule has 0 aromatic heterocycles. The van der Waals surface area contributed by atoms with E-state index in [1.807, 2.05) is 0 Å². The Labute approximate surface area is 43.3 Å². The van der Waals surface area contributed by atoms with Crippen LogP contribution in [0.2, 0.25) is 0 Å². The van der Waals surface area contributed by atoms with Crippen LogP contribution in [0.15, 0.2) is 12.2 Å². The highest BCUT2D eigenvalue weighted by Gasteiger charge is 1.65. The molecular weight excluding hydrogens is 86.1 g/mol. The second-order valence-corrected chi connectivity index (χ2v) is 1.14. The van der Waals surface area contributed by atoms with Gasteiger partial charge in [0.25, 0.3) is 0 Å². The van der Waals surface area contributed by atoms with Crippen LogP contribution < -0.4 is 0 Å². The van der Waals surface area contributed by atoms with Gasteiger partial charge in [0.05, 0.1) is 0 Å². The third-order valence-corrected chi connectivity index (χ3v) is 0.332. The van der Waals surface area contributed by atoms with Crippen LogP contribution in [0, 0.1) is 23.2 Å². The number of rotatable bonds is 0. The van der Waals surface area contributed by atoms with Crippen LogP contribution in [0.4, 0.5) is 0 Å². The lowest BCUT2D eigenvalue weighted by molar-refractivity contribution is 1.54. The molecule has 0 aliphatic heterocycles. The Bertz CT molecular complexity index is 161. The van der Waals surface area contributed by atoms with Gasteiger partial charge in [-0.1, -0.05) is 12.5 Å². The number of hydrogen-bond acceptors (Lipinski definition) is 1. The van der Waals surface area contributed by atoms with Crippen molar-refractivity contribution in [2.45, 2.75) is 6.92 Å². The highest BCUT2D eigenvalue weighted by atomic mass is 14.2. The normalized spacial score (nSPS) is 5.14. The molecule has 0 saturated heterocycles. The molecule has 0 saturated carbocycles. The van der Waals surface area contributed by atoms with E-state index in [0.717, 1.165) is 5.57 Å². The summed E-state index contributed by atoms with van der Waals surface area (Å²) in [5, 5.41) is 7.85. The van der Waals surface area contributed by atoms with Crippen LogP contribution in [-0.4, -0.2) is 0 Å². The molecule has 0 atom stereocenters. The van der Waals surface area contributed by atoms with Gasteiger partial charge in [0.1, 0.15) is 0 Å². The smallest absolute Gasteiger partial charge is 0.152 e. The minimum atomic E-state index is 0.724. The number of hydrogen-bond donors (Lipinski definition) is 0. The standard InChI is InChI=1S/C6H5N/c1-6(2)4-3-5-7/h1H2,2H3. The van der Waals surface area contributed by atoms with Gasteiger partial charge in [-0.2, -0.15) is 5.26 Å². The van der Waals surface area contributed by atoms with Crippen molar-refractivity contribution in [1.29, 1.82) is 5.26 Å². The van der Waals surface area contributed by atoms with E-state index in [9.17, 15) is 0 Å². The van der Waals surface area contributed by atoms with Crippen molar-refractivity contribution in [3.8, 4) is 17.9 Å². The van der Waals surface area contributed by atoms with Crippen molar-refractivity contribution >= 4 is 0 Å². The molecule has 34 valence electrons. The molecule has 0 bridgehead atoms. The van der Waals surface area contributed by atoms with Crippen molar-refractivity contribution in [3.05, 3.63) is 12.2 Å². The fraction of sp³-hybridized carbons (Fsp3) is 0.167. The average molecular weight is 91.1 g/mol. The molecule has 7 heavy (non-hydrogen) atoms. The Morgan fingerprint density at radius 3 is 2.43 bits per heavy atom. The molecule has 0 rings (SSSR count). The molecule has 0 aliphatic carbocycles. The SMILES string of the molecule is C=C(C)C#CC#N. The van der Waals surface area contributed by atoms with E-state index in [1.54, 1.807) is 13.0 Å². The molecule has 0 fully saturated rings. The van der Waals surface area contributed by atoms with Gasteiger partial charge in [0.15, 0.2) is 6.07 Å². The van der Waals surface area contributed by atoms with Crippen LogP contribution >= 0.6 is 0 Å². The minimum Gasteiger partial charge on any atom is -0.183 e. The summed E-state index contributed by atoms with van der Waals surface area (Å²) in [4.78, 5) is 0. The Morgan fingerprint density at radius 2 is 2.29 bits per heavy atom. The zero-order valence-corrected chi connectivity index (χ0v) is 4.15. The van der Waals surface area contributed by atoms with E-state index < -0.39 is 0 Å². The summed E-state index contributed by atoms with van der Waals surface area (Å²) >= 11 is 0. The minimum absolute atomic E-state index is 0.724. The molecule has 1 heteroatoms. The molecule has 1 nitrogen and oxygen atoms in total. The Balaban J connectivity index is 3.74. The number of nitrogens with zero attached hydrogens (tertiary/aromatic N) is 1. The first-order valence-electron chi connectivity index (χ1n) is 1.83. The Morgan fingerprint density at radius 1 is 1.71 bits per heavy atom. The highest BCUT2D eigenvalue weighted by molar-refractivity contribution is 5.29. The van der Waals surface area contributed by atoms with Gasteiger partial charge in [-0.25, -0.2) is 0 Å². The maximum atomic E-state index is 7.85. The van der Waals surface area contributed by atoms with Crippen LogP contribution in [0.3, 0.4) is 0 Å². The molecule has 0 aliphatic rings. The number of nitriles is 1. The first-order valence-corrected chi connectivity index (χ1v) is 1.83. The summed E-state index contributed by atoms with van der Waals surface area (Å²) in [6.45, 7) is 5.22. The Kier molecular flexibility index (Phi) is 2.48. The van der Waals surface area contributed by atoms with Crippen molar-refractivity contribution < 1.29 is 0 Å². The molecule has 0 aromatic rings. The van der Waals surface area contributed by atoms with Crippen LogP contribution in [0.25, 0.3) is 0 Å². The topological polar surface area (TPSA) is 23.8 Å². The third-order valence-electron chi connectivity index (χ3n) is 0.332. The summed E-state index contributed by atoms with van der Waals surface area (Å²) in [6.07, 6.45) is 0. The number of allylic oxidation sites excluding steroid dienone is 1. The van der Waals surface area contributed by atoms with E-state index in [4.69, 9.17) is 5.26 Å². The first-order chi connectivity index (χ1) is 3.27. The van der Waals surface area contributed by atoms with E-state index in [0.29, 0.717) is 0 Å². The maximum Gasteiger partial charge on any atom is 0.152 e. The highest BCUT2D eigenvalue weighted by Crippen LogP contribution is 1.77. The first kappa shape index (κ1) is 5.79. The van der Waals surface area contributed by atoms with Gasteiger partial charge in [-0.15, -0.1) is 0 Å². The summed E-state index contributed by atoms with van der Waals surface area (Å²) in [5.74, 6) is 4.69. The lowest BCUT2D eigenvalue weighted by Crippen LogP contribution is -1.57. The van der Waals surface area contributed by atoms with E-state index in [-0.39, 0.29) is 0 Å². The summed E-state index contributed by atoms with van der Waals surface area (Å²) in [6, 6.07) is 1.68. The van der Waals surface area contributed by atoms with Gasteiger partial charge >= 0.3 is 0 Å².